The average Bonchev–Trinajstić information content (AvgIpc) is 3.26. The molecule has 1 saturated heterocycles. The van der Waals surface area contributed by atoms with Gasteiger partial charge in [-0.25, -0.2) is 13.2 Å². The first kappa shape index (κ1) is 22.8. The van der Waals surface area contributed by atoms with Gasteiger partial charge in [0, 0.05) is 38.3 Å². The maximum atomic E-state index is 12.7. The zero-order chi connectivity index (χ0) is 23.4. The van der Waals surface area contributed by atoms with Gasteiger partial charge >= 0.3 is 6.03 Å². The molecule has 0 unspecified atom stereocenters. The predicted octanol–water partition coefficient (Wildman–Crippen LogP) is 2.72. The van der Waals surface area contributed by atoms with Crippen molar-refractivity contribution in [3.8, 4) is 16.9 Å². The minimum Gasteiger partial charge on any atom is -0.496 e. The minimum absolute atomic E-state index is 0.260. The Morgan fingerprint density at radius 2 is 1.79 bits per heavy atom. The number of ether oxygens (including phenoxy) is 1. The number of amides is 1. The summed E-state index contributed by atoms with van der Waals surface area (Å²) in [5, 5.41) is 3.99. The van der Waals surface area contributed by atoms with Crippen LogP contribution in [0.4, 0.5) is 10.5 Å². The Balaban J connectivity index is 1.36. The minimum atomic E-state index is -3.42. The van der Waals surface area contributed by atoms with Crippen molar-refractivity contribution < 1.29 is 17.9 Å². The zero-order valence-electron chi connectivity index (χ0n) is 18.6. The molecule has 33 heavy (non-hydrogen) atoms. The van der Waals surface area contributed by atoms with Gasteiger partial charge in [-0.3, -0.25) is 9.62 Å². The van der Waals surface area contributed by atoms with E-state index in [0.717, 1.165) is 39.9 Å². The van der Waals surface area contributed by atoms with Gasteiger partial charge in [-0.2, -0.15) is 9.78 Å². The molecule has 2 aromatic carbocycles. The second-order valence-electron chi connectivity index (χ2n) is 7.99. The SMILES string of the molecule is COc1cc(-c2ccccc2)ccc1CN1CCN(C(=O)n2cc(NS(C)(=O)=O)cn2)CC1. The summed E-state index contributed by atoms with van der Waals surface area (Å²) in [5.41, 5.74) is 3.61. The van der Waals surface area contributed by atoms with Gasteiger partial charge in [0.1, 0.15) is 5.75 Å². The highest BCUT2D eigenvalue weighted by Crippen LogP contribution is 2.28. The molecule has 4 rings (SSSR count). The lowest BCUT2D eigenvalue weighted by molar-refractivity contribution is 0.133. The van der Waals surface area contributed by atoms with Crippen molar-refractivity contribution in [2.75, 3.05) is 44.3 Å². The largest absolute Gasteiger partial charge is 0.496 e. The van der Waals surface area contributed by atoms with E-state index < -0.39 is 10.0 Å². The van der Waals surface area contributed by atoms with Crippen LogP contribution < -0.4 is 9.46 Å². The fourth-order valence-corrected chi connectivity index (χ4v) is 4.40. The summed E-state index contributed by atoms with van der Waals surface area (Å²) in [5.74, 6) is 0.845. The quantitative estimate of drug-likeness (QED) is 0.596. The molecule has 10 heteroatoms. The third kappa shape index (κ3) is 5.71. The molecule has 0 radical (unpaired) electrons. The summed E-state index contributed by atoms with van der Waals surface area (Å²) in [6, 6.07) is 16.2. The Morgan fingerprint density at radius 1 is 1.06 bits per heavy atom. The Morgan fingerprint density at radius 3 is 2.45 bits per heavy atom. The molecule has 2 heterocycles. The van der Waals surface area contributed by atoms with Crippen LogP contribution in [0.2, 0.25) is 0 Å². The van der Waals surface area contributed by atoms with Crippen molar-refractivity contribution in [1.29, 1.82) is 0 Å². The van der Waals surface area contributed by atoms with Gasteiger partial charge in [0.25, 0.3) is 0 Å². The second-order valence-corrected chi connectivity index (χ2v) is 9.73. The summed E-state index contributed by atoms with van der Waals surface area (Å²) >= 11 is 0. The molecule has 1 amide bonds. The van der Waals surface area contributed by atoms with E-state index in [1.165, 1.54) is 12.4 Å². The van der Waals surface area contributed by atoms with E-state index >= 15 is 0 Å². The summed E-state index contributed by atoms with van der Waals surface area (Å²) < 4.78 is 31.8. The highest BCUT2D eigenvalue weighted by Gasteiger charge is 2.24. The number of piperazine rings is 1. The Hall–Kier alpha value is -3.37. The van der Waals surface area contributed by atoms with Crippen molar-refractivity contribution in [3.63, 3.8) is 0 Å². The molecule has 0 bridgehead atoms. The zero-order valence-corrected chi connectivity index (χ0v) is 19.5. The Labute approximate surface area is 193 Å². The first-order valence-corrected chi connectivity index (χ1v) is 12.5. The number of anilines is 1. The van der Waals surface area contributed by atoms with Crippen molar-refractivity contribution in [3.05, 3.63) is 66.5 Å². The molecular weight excluding hydrogens is 442 g/mol. The smallest absolute Gasteiger partial charge is 0.344 e. The number of nitrogens with one attached hydrogen (secondary N) is 1. The summed E-state index contributed by atoms with van der Waals surface area (Å²) in [4.78, 5) is 16.7. The highest BCUT2D eigenvalue weighted by molar-refractivity contribution is 7.92. The van der Waals surface area contributed by atoms with Crippen LogP contribution in [0.3, 0.4) is 0 Å². The summed E-state index contributed by atoms with van der Waals surface area (Å²) in [6.07, 6.45) is 3.76. The van der Waals surface area contributed by atoms with E-state index in [2.05, 4.69) is 45.1 Å². The Bertz CT molecular complexity index is 1220. The van der Waals surface area contributed by atoms with Crippen LogP contribution in [-0.4, -0.2) is 73.6 Å². The number of carbonyl (C=O) groups is 1. The topological polar surface area (TPSA) is 96.8 Å². The lowest BCUT2D eigenvalue weighted by Crippen LogP contribution is -2.49. The van der Waals surface area contributed by atoms with E-state index in [9.17, 15) is 13.2 Å². The van der Waals surface area contributed by atoms with Crippen LogP contribution >= 0.6 is 0 Å². The maximum Gasteiger partial charge on any atom is 0.344 e. The number of rotatable bonds is 6. The molecule has 0 saturated carbocycles. The van der Waals surface area contributed by atoms with Crippen LogP contribution in [0.15, 0.2) is 60.9 Å². The molecule has 1 aliphatic rings. The lowest BCUT2D eigenvalue weighted by atomic mass is 10.0. The van der Waals surface area contributed by atoms with Gasteiger partial charge < -0.3 is 9.64 Å². The van der Waals surface area contributed by atoms with Crippen LogP contribution in [0.5, 0.6) is 5.75 Å². The average molecular weight is 470 g/mol. The lowest BCUT2D eigenvalue weighted by Gasteiger charge is -2.34. The van der Waals surface area contributed by atoms with E-state index in [1.807, 2.05) is 18.2 Å². The molecule has 1 fully saturated rings. The third-order valence-electron chi connectivity index (χ3n) is 5.51. The molecule has 3 aromatic rings. The van der Waals surface area contributed by atoms with Crippen molar-refractivity contribution in [2.45, 2.75) is 6.54 Å². The standard InChI is InChI=1S/C23H27N5O4S/c1-32-22-14-19(18-6-4-3-5-7-18)8-9-20(22)16-26-10-12-27(13-11-26)23(29)28-17-21(15-24-28)25-33(2,30)31/h3-9,14-15,17,25H,10-13,16H2,1-2H3. The first-order chi connectivity index (χ1) is 15.8. The second kappa shape index (κ2) is 9.63. The molecule has 0 atom stereocenters. The van der Waals surface area contributed by atoms with Crippen LogP contribution in [0, 0.1) is 0 Å². The molecule has 0 spiro atoms. The number of hydrogen-bond donors (Lipinski definition) is 1. The number of aromatic nitrogens is 2. The van der Waals surface area contributed by atoms with E-state index in [-0.39, 0.29) is 11.7 Å². The number of nitrogens with zero attached hydrogens (tertiary/aromatic N) is 4. The number of methoxy groups -OCH3 is 1. The number of sulfonamides is 1. The van der Waals surface area contributed by atoms with E-state index in [4.69, 9.17) is 4.74 Å². The molecule has 9 nitrogen and oxygen atoms in total. The number of benzene rings is 2. The van der Waals surface area contributed by atoms with Crippen molar-refractivity contribution in [1.82, 2.24) is 19.6 Å². The van der Waals surface area contributed by atoms with E-state index in [1.54, 1.807) is 12.0 Å². The van der Waals surface area contributed by atoms with Crippen LogP contribution in [0.25, 0.3) is 11.1 Å². The first-order valence-electron chi connectivity index (χ1n) is 10.6. The van der Waals surface area contributed by atoms with E-state index in [0.29, 0.717) is 26.2 Å². The molecule has 1 N–H and O–H groups in total. The predicted molar refractivity (Wildman–Crippen MR) is 127 cm³/mol. The van der Waals surface area contributed by atoms with Gasteiger partial charge in [-0.05, 0) is 17.2 Å². The van der Waals surface area contributed by atoms with Gasteiger partial charge in [0.05, 0.1) is 31.4 Å². The van der Waals surface area contributed by atoms with Gasteiger partial charge in [-0.15, -0.1) is 0 Å². The highest BCUT2D eigenvalue weighted by atomic mass is 32.2. The maximum absolute atomic E-state index is 12.7. The fraction of sp³-hybridized carbons (Fsp3) is 0.304. The molecule has 1 aromatic heterocycles. The van der Waals surface area contributed by atoms with Gasteiger partial charge in [0.15, 0.2) is 0 Å². The summed E-state index contributed by atoms with van der Waals surface area (Å²) in [6.45, 7) is 3.26. The molecule has 174 valence electrons. The molecular formula is C23H27N5O4S. The van der Waals surface area contributed by atoms with Gasteiger partial charge in [0.2, 0.25) is 10.0 Å². The number of carbonyl (C=O) groups excluding carboxylic acids is 1. The van der Waals surface area contributed by atoms with Crippen LogP contribution in [-0.2, 0) is 16.6 Å². The normalized spacial score (nSPS) is 14.8. The Kier molecular flexibility index (Phi) is 6.66. The van der Waals surface area contributed by atoms with Gasteiger partial charge in [-0.1, -0.05) is 42.5 Å². The van der Waals surface area contributed by atoms with Crippen LogP contribution in [0.1, 0.15) is 5.56 Å². The fourth-order valence-electron chi connectivity index (χ4n) is 3.86. The molecule has 1 aliphatic heterocycles. The van der Waals surface area contributed by atoms with Crippen molar-refractivity contribution in [2.24, 2.45) is 0 Å². The number of hydrogen-bond acceptors (Lipinski definition) is 6. The van der Waals surface area contributed by atoms with Crippen molar-refractivity contribution >= 4 is 21.7 Å². The monoisotopic (exact) mass is 469 g/mol. The summed E-state index contributed by atoms with van der Waals surface area (Å²) in [7, 11) is -1.74. The molecule has 0 aliphatic carbocycles. The third-order valence-corrected chi connectivity index (χ3v) is 6.12.